The van der Waals surface area contributed by atoms with E-state index in [2.05, 4.69) is 35.1 Å². The van der Waals surface area contributed by atoms with E-state index in [1.807, 2.05) is 18.3 Å². The zero-order valence-corrected chi connectivity index (χ0v) is 8.90. The van der Waals surface area contributed by atoms with Gasteiger partial charge in [0.2, 0.25) is 0 Å². The number of imidazole rings is 1. The largest absolute Gasteiger partial charge is 0.342 e. The fourth-order valence-corrected chi connectivity index (χ4v) is 2.76. The molecule has 0 saturated heterocycles. The number of nitrogens with zero attached hydrogens (tertiary/aromatic N) is 1. The normalized spacial score (nSPS) is 11.6. The molecule has 2 nitrogen and oxygen atoms in total. The van der Waals surface area contributed by atoms with Crippen molar-refractivity contribution in [3.63, 3.8) is 0 Å². The molecule has 0 amide bonds. The molecule has 14 heavy (non-hydrogen) atoms. The summed E-state index contributed by atoms with van der Waals surface area (Å²) in [6.45, 7) is 4.13. The molecule has 70 valence electrons. The molecule has 3 rings (SSSR count). The Morgan fingerprint density at radius 1 is 1.29 bits per heavy atom. The Labute approximate surface area is 85.6 Å². The lowest BCUT2D eigenvalue weighted by atomic mass is 10.2. The maximum atomic E-state index is 4.51. The smallest absolute Gasteiger partial charge is 0.104 e. The molecule has 0 saturated carbocycles. The molecule has 3 heteroatoms. The molecule has 0 bridgehead atoms. The van der Waals surface area contributed by atoms with Gasteiger partial charge in [-0.05, 0) is 32.0 Å². The number of aryl methyl sites for hydroxylation is 2. The zero-order chi connectivity index (χ0) is 9.71. The number of hydrogen-bond acceptors (Lipinski definition) is 2. The highest BCUT2D eigenvalue weighted by atomic mass is 32.1. The highest BCUT2D eigenvalue weighted by Crippen LogP contribution is 2.30. The summed E-state index contributed by atoms with van der Waals surface area (Å²) in [6, 6.07) is 6.48. The average molecular weight is 202 g/mol. The molecule has 0 aliphatic heterocycles. The van der Waals surface area contributed by atoms with Crippen molar-refractivity contribution in [1.82, 2.24) is 9.97 Å². The first-order valence-corrected chi connectivity index (χ1v) is 5.41. The van der Waals surface area contributed by atoms with Gasteiger partial charge in [-0.2, -0.15) is 0 Å². The van der Waals surface area contributed by atoms with E-state index in [9.17, 15) is 0 Å². The number of hydrogen-bond donors (Lipinski definition) is 1. The van der Waals surface area contributed by atoms with Gasteiger partial charge in [0, 0.05) is 15.0 Å². The van der Waals surface area contributed by atoms with Gasteiger partial charge in [0.15, 0.2) is 0 Å². The molecule has 1 aromatic carbocycles. The van der Waals surface area contributed by atoms with Crippen molar-refractivity contribution >= 4 is 32.5 Å². The van der Waals surface area contributed by atoms with Crippen molar-refractivity contribution in [2.45, 2.75) is 13.8 Å². The standard InChI is InChI=1S/C11H10N2S/c1-6-5-8-10(14-6)4-3-9-11(8)13-7(2)12-9/h3-5H,1-2H3,(H,12,13). The lowest BCUT2D eigenvalue weighted by Crippen LogP contribution is -1.69. The van der Waals surface area contributed by atoms with Gasteiger partial charge < -0.3 is 4.98 Å². The summed E-state index contributed by atoms with van der Waals surface area (Å²) in [6.07, 6.45) is 0. The first kappa shape index (κ1) is 8.00. The molecule has 0 spiro atoms. The average Bonchev–Trinajstić information content (AvgIpc) is 2.65. The molecule has 0 fully saturated rings. The fraction of sp³-hybridized carbons (Fsp3) is 0.182. The molecular formula is C11H10N2S. The number of rotatable bonds is 0. The lowest BCUT2D eigenvalue weighted by Gasteiger charge is -1.89. The van der Waals surface area contributed by atoms with Crippen LogP contribution >= 0.6 is 11.3 Å². The molecule has 2 aromatic heterocycles. The van der Waals surface area contributed by atoms with Crippen LogP contribution in [-0.4, -0.2) is 9.97 Å². The van der Waals surface area contributed by atoms with Crippen LogP contribution in [0, 0.1) is 13.8 Å². The van der Waals surface area contributed by atoms with E-state index in [4.69, 9.17) is 0 Å². The maximum absolute atomic E-state index is 4.51. The Balaban J connectivity index is 2.58. The second-order valence-electron chi connectivity index (χ2n) is 3.55. The van der Waals surface area contributed by atoms with Gasteiger partial charge in [0.05, 0.1) is 11.0 Å². The Morgan fingerprint density at radius 2 is 2.14 bits per heavy atom. The molecule has 0 radical (unpaired) electrons. The molecule has 3 aromatic rings. The number of fused-ring (bicyclic) bond motifs is 3. The predicted octanol–water partition coefficient (Wildman–Crippen LogP) is 3.39. The third kappa shape index (κ3) is 0.990. The van der Waals surface area contributed by atoms with Gasteiger partial charge in [0.1, 0.15) is 5.82 Å². The number of aromatic nitrogens is 2. The topological polar surface area (TPSA) is 28.7 Å². The van der Waals surface area contributed by atoms with Gasteiger partial charge in [0.25, 0.3) is 0 Å². The highest BCUT2D eigenvalue weighted by molar-refractivity contribution is 7.19. The third-order valence-corrected chi connectivity index (χ3v) is 3.41. The molecule has 1 N–H and O–H groups in total. The molecule has 0 aliphatic carbocycles. The fourth-order valence-electron chi connectivity index (χ4n) is 1.84. The van der Waals surface area contributed by atoms with E-state index in [-0.39, 0.29) is 0 Å². The van der Waals surface area contributed by atoms with Crippen molar-refractivity contribution in [2.24, 2.45) is 0 Å². The van der Waals surface area contributed by atoms with E-state index in [0.717, 1.165) is 16.9 Å². The minimum atomic E-state index is 0.983. The third-order valence-electron chi connectivity index (χ3n) is 2.39. The minimum absolute atomic E-state index is 0.983. The summed E-state index contributed by atoms with van der Waals surface area (Å²) in [4.78, 5) is 9.10. The number of thiophene rings is 1. The van der Waals surface area contributed by atoms with Crippen molar-refractivity contribution in [2.75, 3.05) is 0 Å². The Bertz CT molecular complexity index is 563. The molecule has 0 unspecified atom stereocenters. The van der Waals surface area contributed by atoms with Crippen LogP contribution in [0.1, 0.15) is 10.7 Å². The Kier molecular flexibility index (Phi) is 1.47. The van der Waals surface area contributed by atoms with Crippen LogP contribution in [0.15, 0.2) is 18.2 Å². The summed E-state index contributed by atoms with van der Waals surface area (Å²) < 4.78 is 1.32. The summed E-state index contributed by atoms with van der Waals surface area (Å²) >= 11 is 1.82. The number of benzene rings is 1. The van der Waals surface area contributed by atoms with Crippen LogP contribution < -0.4 is 0 Å². The quantitative estimate of drug-likeness (QED) is 0.594. The zero-order valence-electron chi connectivity index (χ0n) is 8.09. The monoisotopic (exact) mass is 202 g/mol. The summed E-state index contributed by atoms with van der Waals surface area (Å²) in [5.74, 6) is 0.983. The minimum Gasteiger partial charge on any atom is -0.342 e. The second kappa shape index (κ2) is 2.58. The number of nitrogens with one attached hydrogen (secondary N) is 1. The van der Waals surface area contributed by atoms with Gasteiger partial charge >= 0.3 is 0 Å². The van der Waals surface area contributed by atoms with E-state index in [1.54, 1.807) is 0 Å². The van der Waals surface area contributed by atoms with Gasteiger partial charge in [-0.25, -0.2) is 4.98 Å². The highest BCUT2D eigenvalue weighted by Gasteiger charge is 2.06. The van der Waals surface area contributed by atoms with Crippen LogP contribution in [0.2, 0.25) is 0 Å². The Morgan fingerprint density at radius 3 is 3.00 bits per heavy atom. The second-order valence-corrected chi connectivity index (χ2v) is 4.84. The van der Waals surface area contributed by atoms with E-state index >= 15 is 0 Å². The lowest BCUT2D eigenvalue weighted by molar-refractivity contribution is 1.17. The van der Waals surface area contributed by atoms with E-state index in [0.29, 0.717) is 0 Å². The van der Waals surface area contributed by atoms with Crippen LogP contribution in [0.3, 0.4) is 0 Å². The SMILES string of the molecule is Cc1nc2c(ccc3sc(C)cc32)[nH]1. The van der Waals surface area contributed by atoms with Crippen molar-refractivity contribution < 1.29 is 0 Å². The van der Waals surface area contributed by atoms with Gasteiger partial charge in [-0.1, -0.05) is 0 Å². The molecule has 2 heterocycles. The van der Waals surface area contributed by atoms with Crippen molar-refractivity contribution in [3.8, 4) is 0 Å². The maximum Gasteiger partial charge on any atom is 0.104 e. The van der Waals surface area contributed by atoms with Crippen LogP contribution in [-0.2, 0) is 0 Å². The van der Waals surface area contributed by atoms with Crippen LogP contribution in [0.5, 0.6) is 0 Å². The predicted molar refractivity (Wildman–Crippen MR) is 61.0 cm³/mol. The first-order valence-electron chi connectivity index (χ1n) is 4.59. The van der Waals surface area contributed by atoms with Crippen molar-refractivity contribution in [1.29, 1.82) is 0 Å². The van der Waals surface area contributed by atoms with Gasteiger partial charge in [-0.15, -0.1) is 11.3 Å². The van der Waals surface area contributed by atoms with Crippen molar-refractivity contribution in [3.05, 3.63) is 28.9 Å². The number of H-pyrrole nitrogens is 1. The van der Waals surface area contributed by atoms with Crippen LogP contribution in [0.25, 0.3) is 21.1 Å². The Hall–Kier alpha value is -1.35. The van der Waals surface area contributed by atoms with Gasteiger partial charge in [-0.3, -0.25) is 0 Å². The summed E-state index contributed by atoms with van der Waals surface area (Å²) in [5.41, 5.74) is 2.23. The summed E-state index contributed by atoms with van der Waals surface area (Å²) in [7, 11) is 0. The van der Waals surface area contributed by atoms with E-state index in [1.165, 1.54) is 15.0 Å². The molecular weight excluding hydrogens is 192 g/mol. The molecule has 0 aliphatic rings. The van der Waals surface area contributed by atoms with E-state index < -0.39 is 0 Å². The first-order chi connectivity index (χ1) is 6.74. The molecule has 0 atom stereocenters. The summed E-state index contributed by atoms with van der Waals surface area (Å²) in [5, 5.41) is 1.27. The number of aromatic amines is 1. The van der Waals surface area contributed by atoms with Crippen LogP contribution in [0.4, 0.5) is 0 Å².